The number of carbonyl (C=O) groups excluding carboxylic acids is 2. The summed E-state index contributed by atoms with van der Waals surface area (Å²) < 4.78 is 5.28. The summed E-state index contributed by atoms with van der Waals surface area (Å²) >= 11 is 1.33. The molecule has 0 saturated heterocycles. The van der Waals surface area contributed by atoms with Gasteiger partial charge in [0.2, 0.25) is 5.91 Å². The summed E-state index contributed by atoms with van der Waals surface area (Å²) in [6, 6.07) is 10.6. The predicted octanol–water partition coefficient (Wildman–Crippen LogP) is 3.60. The standard InChI is InChI=1S/C19H17N3O3S/c1-12(23)13-6-7-17(25-2)14(9-13)10-18(24)22-19-21-16(11-26-19)15-5-3-4-8-20-15/h3-9,11H,10H2,1-2H3,(H,21,22,24). The molecule has 0 atom stereocenters. The second kappa shape index (κ2) is 7.88. The van der Waals surface area contributed by atoms with E-state index in [0.717, 1.165) is 5.69 Å². The number of methoxy groups -OCH3 is 1. The Kier molecular flexibility index (Phi) is 5.38. The number of nitrogens with one attached hydrogen (secondary N) is 1. The molecule has 3 rings (SSSR count). The first-order valence-electron chi connectivity index (χ1n) is 7.91. The Morgan fingerprint density at radius 1 is 1.19 bits per heavy atom. The number of aromatic nitrogens is 2. The van der Waals surface area contributed by atoms with Gasteiger partial charge in [-0.3, -0.25) is 14.6 Å². The molecule has 1 N–H and O–H groups in total. The van der Waals surface area contributed by atoms with Crippen LogP contribution in [-0.2, 0) is 11.2 Å². The average molecular weight is 367 g/mol. The van der Waals surface area contributed by atoms with E-state index in [9.17, 15) is 9.59 Å². The number of benzene rings is 1. The van der Waals surface area contributed by atoms with Crippen molar-refractivity contribution in [1.82, 2.24) is 9.97 Å². The number of hydrogen-bond donors (Lipinski definition) is 1. The highest BCUT2D eigenvalue weighted by Gasteiger charge is 2.13. The lowest BCUT2D eigenvalue weighted by atomic mass is 10.0. The van der Waals surface area contributed by atoms with E-state index in [1.165, 1.54) is 25.4 Å². The van der Waals surface area contributed by atoms with Crippen molar-refractivity contribution in [3.63, 3.8) is 0 Å². The first-order chi connectivity index (χ1) is 12.6. The zero-order valence-corrected chi connectivity index (χ0v) is 15.2. The number of Topliss-reactive ketones (excluding diaryl/α,β-unsaturated/α-hetero) is 1. The van der Waals surface area contributed by atoms with E-state index in [0.29, 0.717) is 27.7 Å². The summed E-state index contributed by atoms with van der Waals surface area (Å²) in [6.45, 7) is 1.49. The minimum absolute atomic E-state index is 0.0609. The maximum Gasteiger partial charge on any atom is 0.230 e. The van der Waals surface area contributed by atoms with Crippen molar-refractivity contribution in [3.8, 4) is 17.1 Å². The van der Waals surface area contributed by atoms with Gasteiger partial charge in [0.05, 0.1) is 19.2 Å². The van der Waals surface area contributed by atoms with E-state index >= 15 is 0 Å². The zero-order chi connectivity index (χ0) is 18.5. The summed E-state index contributed by atoms with van der Waals surface area (Å²) in [4.78, 5) is 32.6. The van der Waals surface area contributed by atoms with Crippen LogP contribution in [0.5, 0.6) is 5.75 Å². The van der Waals surface area contributed by atoms with E-state index in [-0.39, 0.29) is 18.1 Å². The van der Waals surface area contributed by atoms with Crippen molar-refractivity contribution in [2.75, 3.05) is 12.4 Å². The lowest BCUT2D eigenvalue weighted by Gasteiger charge is -2.09. The lowest BCUT2D eigenvalue weighted by molar-refractivity contribution is -0.115. The van der Waals surface area contributed by atoms with Gasteiger partial charge in [-0.15, -0.1) is 11.3 Å². The monoisotopic (exact) mass is 367 g/mol. The van der Waals surface area contributed by atoms with Crippen molar-refractivity contribution in [3.05, 3.63) is 59.1 Å². The van der Waals surface area contributed by atoms with E-state index in [4.69, 9.17) is 4.74 Å². The van der Waals surface area contributed by atoms with E-state index in [1.54, 1.807) is 24.4 Å². The van der Waals surface area contributed by atoms with E-state index < -0.39 is 0 Å². The van der Waals surface area contributed by atoms with E-state index in [1.807, 2.05) is 23.6 Å². The molecule has 7 heteroatoms. The number of thiazole rings is 1. The van der Waals surface area contributed by atoms with E-state index in [2.05, 4.69) is 15.3 Å². The number of rotatable bonds is 6. The molecule has 26 heavy (non-hydrogen) atoms. The topological polar surface area (TPSA) is 81.2 Å². The molecule has 0 radical (unpaired) electrons. The van der Waals surface area contributed by atoms with Crippen molar-refractivity contribution in [1.29, 1.82) is 0 Å². The number of nitrogens with zero attached hydrogens (tertiary/aromatic N) is 2. The quantitative estimate of drug-likeness (QED) is 0.673. The molecule has 132 valence electrons. The largest absolute Gasteiger partial charge is 0.496 e. The van der Waals surface area contributed by atoms with Crippen LogP contribution in [0.4, 0.5) is 5.13 Å². The molecule has 0 saturated carbocycles. The molecule has 1 aromatic carbocycles. The molecule has 0 aliphatic carbocycles. The molecule has 3 aromatic rings. The number of hydrogen-bond acceptors (Lipinski definition) is 6. The molecule has 0 spiro atoms. The molecular formula is C19H17N3O3S. The van der Waals surface area contributed by atoms with Gasteiger partial charge in [0, 0.05) is 22.7 Å². The van der Waals surface area contributed by atoms with Crippen LogP contribution in [0.3, 0.4) is 0 Å². The fourth-order valence-electron chi connectivity index (χ4n) is 2.44. The van der Waals surface area contributed by atoms with Gasteiger partial charge in [-0.1, -0.05) is 6.07 Å². The first-order valence-corrected chi connectivity index (χ1v) is 8.79. The molecule has 6 nitrogen and oxygen atoms in total. The van der Waals surface area contributed by atoms with Crippen molar-refractivity contribution >= 4 is 28.2 Å². The number of pyridine rings is 1. The Morgan fingerprint density at radius 2 is 2.04 bits per heavy atom. The highest BCUT2D eigenvalue weighted by molar-refractivity contribution is 7.14. The number of ether oxygens (including phenoxy) is 1. The van der Waals surface area contributed by atoms with Crippen LogP contribution in [0.25, 0.3) is 11.4 Å². The normalized spacial score (nSPS) is 10.4. The summed E-state index contributed by atoms with van der Waals surface area (Å²) in [7, 11) is 1.53. The summed E-state index contributed by atoms with van der Waals surface area (Å²) in [5.41, 5.74) is 2.65. The van der Waals surface area contributed by atoms with Crippen LogP contribution in [0, 0.1) is 0 Å². The fraction of sp³-hybridized carbons (Fsp3) is 0.158. The molecular weight excluding hydrogens is 350 g/mol. The molecule has 0 unspecified atom stereocenters. The Hall–Kier alpha value is -3.06. The molecule has 0 aliphatic rings. The highest BCUT2D eigenvalue weighted by atomic mass is 32.1. The van der Waals surface area contributed by atoms with Crippen LogP contribution in [0.15, 0.2) is 48.0 Å². The van der Waals surface area contributed by atoms with Crippen LogP contribution in [-0.4, -0.2) is 28.8 Å². The van der Waals surface area contributed by atoms with Gasteiger partial charge in [-0.05, 0) is 37.3 Å². The van der Waals surface area contributed by atoms with Gasteiger partial charge < -0.3 is 10.1 Å². The average Bonchev–Trinajstić information content (AvgIpc) is 3.10. The predicted molar refractivity (Wildman–Crippen MR) is 101 cm³/mol. The summed E-state index contributed by atoms with van der Waals surface area (Å²) in [6.07, 6.45) is 1.78. The third-order valence-electron chi connectivity index (χ3n) is 3.72. The van der Waals surface area contributed by atoms with Gasteiger partial charge in [-0.2, -0.15) is 0 Å². The maximum absolute atomic E-state index is 12.4. The van der Waals surface area contributed by atoms with Crippen LogP contribution in [0.1, 0.15) is 22.8 Å². The highest BCUT2D eigenvalue weighted by Crippen LogP contribution is 2.24. The number of carbonyl (C=O) groups is 2. The second-order valence-electron chi connectivity index (χ2n) is 5.56. The Balaban J connectivity index is 1.73. The zero-order valence-electron chi connectivity index (χ0n) is 14.4. The fourth-order valence-corrected chi connectivity index (χ4v) is 3.16. The number of anilines is 1. The van der Waals surface area contributed by atoms with Gasteiger partial charge >= 0.3 is 0 Å². The summed E-state index contributed by atoms with van der Waals surface area (Å²) in [5, 5.41) is 5.12. The van der Waals surface area contributed by atoms with Gasteiger partial charge in [-0.25, -0.2) is 4.98 Å². The van der Waals surface area contributed by atoms with Crippen LogP contribution in [0.2, 0.25) is 0 Å². The van der Waals surface area contributed by atoms with Crippen molar-refractivity contribution in [2.45, 2.75) is 13.3 Å². The molecule has 1 amide bonds. The lowest BCUT2D eigenvalue weighted by Crippen LogP contribution is -2.15. The Bertz CT molecular complexity index is 938. The number of amides is 1. The molecule has 2 aromatic heterocycles. The maximum atomic E-state index is 12.4. The second-order valence-corrected chi connectivity index (χ2v) is 6.42. The third kappa shape index (κ3) is 4.12. The van der Waals surface area contributed by atoms with Crippen LogP contribution < -0.4 is 10.1 Å². The van der Waals surface area contributed by atoms with Crippen LogP contribution >= 0.6 is 11.3 Å². The van der Waals surface area contributed by atoms with Gasteiger partial charge in [0.25, 0.3) is 0 Å². The SMILES string of the molecule is COc1ccc(C(C)=O)cc1CC(=O)Nc1nc(-c2ccccn2)cs1. The minimum atomic E-state index is -0.231. The Morgan fingerprint density at radius 3 is 2.73 bits per heavy atom. The smallest absolute Gasteiger partial charge is 0.230 e. The van der Waals surface area contributed by atoms with Gasteiger partial charge in [0.1, 0.15) is 11.4 Å². The van der Waals surface area contributed by atoms with Crippen molar-refractivity contribution in [2.24, 2.45) is 0 Å². The minimum Gasteiger partial charge on any atom is -0.496 e. The molecule has 0 fully saturated rings. The number of ketones is 1. The molecule has 2 heterocycles. The summed E-state index contributed by atoms with van der Waals surface area (Å²) in [5.74, 6) is 0.277. The molecule has 0 aliphatic heterocycles. The molecule has 0 bridgehead atoms. The first kappa shape index (κ1) is 17.8. The van der Waals surface area contributed by atoms with Gasteiger partial charge in [0.15, 0.2) is 10.9 Å². The van der Waals surface area contributed by atoms with Crippen molar-refractivity contribution < 1.29 is 14.3 Å². The third-order valence-corrected chi connectivity index (χ3v) is 4.47. The Labute approximate surface area is 154 Å².